The number of methoxy groups -OCH3 is 1. The molecule has 1 N–H and O–H groups in total. The van der Waals surface area contributed by atoms with Crippen LogP contribution >= 0.6 is 11.3 Å². The average Bonchev–Trinajstić information content (AvgIpc) is 3.32. The minimum absolute atomic E-state index is 0.0619. The minimum Gasteiger partial charge on any atom is -0.496 e. The number of hydrogen-bond donors (Lipinski definition) is 1. The van der Waals surface area contributed by atoms with Gasteiger partial charge in [-0.1, -0.05) is 18.6 Å². The first-order chi connectivity index (χ1) is 21.2. The van der Waals surface area contributed by atoms with Crippen molar-refractivity contribution < 1.29 is 29.0 Å². The number of carboxylic acid groups (broad SMARTS) is 1. The highest BCUT2D eigenvalue weighted by atomic mass is 32.1. The van der Waals surface area contributed by atoms with Gasteiger partial charge in [-0.15, -0.1) is 11.3 Å². The van der Waals surface area contributed by atoms with Crippen LogP contribution in [0.2, 0.25) is 0 Å². The smallest absolute Gasteiger partial charge is 0.310 e. The number of nitrogens with zero attached hydrogens (tertiary/aromatic N) is 3. The number of Topliss-reactive ketones (excluding diaryl/α,β-unsaturated/α-hetero) is 1. The van der Waals surface area contributed by atoms with Crippen LogP contribution in [-0.4, -0.2) is 64.4 Å². The van der Waals surface area contributed by atoms with Gasteiger partial charge in [0, 0.05) is 54.5 Å². The summed E-state index contributed by atoms with van der Waals surface area (Å²) in [4.78, 5) is 51.2. The van der Waals surface area contributed by atoms with Crippen LogP contribution in [0.25, 0.3) is 21.6 Å². The number of pyridine rings is 1. The third-order valence-corrected chi connectivity index (χ3v) is 10.5. The van der Waals surface area contributed by atoms with Crippen LogP contribution in [0.15, 0.2) is 41.9 Å². The van der Waals surface area contributed by atoms with Crippen LogP contribution in [0.3, 0.4) is 0 Å². The van der Waals surface area contributed by atoms with Gasteiger partial charge in [-0.2, -0.15) is 0 Å². The minimum atomic E-state index is -1.08. The van der Waals surface area contributed by atoms with E-state index in [1.807, 2.05) is 36.6 Å². The third kappa shape index (κ3) is 5.72. The van der Waals surface area contributed by atoms with Gasteiger partial charge in [0.05, 0.1) is 24.0 Å². The van der Waals surface area contributed by atoms with E-state index in [9.17, 15) is 19.5 Å². The van der Waals surface area contributed by atoms with E-state index in [0.29, 0.717) is 43.0 Å². The molecule has 10 heteroatoms. The Bertz CT molecular complexity index is 1600. The Balaban J connectivity index is 1.33. The predicted octanol–water partition coefficient (Wildman–Crippen LogP) is 6.09. The number of benzene rings is 1. The van der Waals surface area contributed by atoms with E-state index >= 15 is 0 Å². The molecule has 1 aromatic carbocycles. The molecule has 3 heterocycles. The zero-order valence-electron chi connectivity index (χ0n) is 25.5. The van der Waals surface area contributed by atoms with Gasteiger partial charge in [0.1, 0.15) is 34.1 Å². The second-order valence-corrected chi connectivity index (χ2v) is 13.4. The fourth-order valence-corrected chi connectivity index (χ4v) is 7.64. The second kappa shape index (κ2) is 12.3. The van der Waals surface area contributed by atoms with E-state index in [4.69, 9.17) is 14.5 Å². The monoisotopic (exact) mass is 617 g/mol. The van der Waals surface area contributed by atoms with Gasteiger partial charge in [-0.3, -0.25) is 14.4 Å². The van der Waals surface area contributed by atoms with E-state index in [-0.39, 0.29) is 24.0 Å². The number of aromatic nitrogens is 2. The largest absolute Gasteiger partial charge is 0.496 e. The molecule has 3 aromatic rings. The van der Waals surface area contributed by atoms with Gasteiger partial charge in [0.15, 0.2) is 0 Å². The molecule has 2 aromatic heterocycles. The maximum Gasteiger partial charge on any atom is 0.310 e. The number of carboxylic acids is 1. The van der Waals surface area contributed by atoms with Crippen molar-refractivity contribution in [3.63, 3.8) is 0 Å². The molecule has 0 bridgehead atoms. The molecule has 1 amide bonds. The van der Waals surface area contributed by atoms with E-state index in [2.05, 4.69) is 11.1 Å². The standard InChI is InChI=1S/C34H39N3O6S/c1-20-28(42-3)11-10-23-29(17-26(36-30(20)23)31-35-12-14-44-31)43-22-15-24-25(16-22)32(39)37(2)13-8-6-4-5-7-9-21-18-34(21,33(40)41)19-27(24)38/h7,9-12,14,17,21-22,24-25H,4-6,8,13,15-16,18-19H2,1-3H3,(H,40,41)/b9-7-/t21-,22-,24-,25-,34-/m1/s1. The summed E-state index contributed by atoms with van der Waals surface area (Å²) in [6, 6.07) is 5.69. The molecule has 232 valence electrons. The van der Waals surface area contributed by atoms with Crippen molar-refractivity contribution in [1.82, 2.24) is 14.9 Å². The molecule has 3 aliphatic rings. The van der Waals surface area contributed by atoms with Crippen molar-refractivity contribution in [2.75, 3.05) is 20.7 Å². The fourth-order valence-electron chi connectivity index (χ4n) is 7.05. The molecular formula is C34H39N3O6S. The van der Waals surface area contributed by atoms with Gasteiger partial charge in [0.2, 0.25) is 5.91 Å². The average molecular weight is 618 g/mol. The highest BCUT2D eigenvalue weighted by molar-refractivity contribution is 7.13. The van der Waals surface area contributed by atoms with Gasteiger partial charge < -0.3 is 19.5 Å². The Morgan fingerprint density at radius 2 is 1.95 bits per heavy atom. The molecule has 0 saturated heterocycles. The first-order valence-electron chi connectivity index (χ1n) is 15.4. The third-order valence-electron chi connectivity index (χ3n) is 9.72. The summed E-state index contributed by atoms with van der Waals surface area (Å²) in [5.74, 6) is -1.13. The molecule has 0 unspecified atom stereocenters. The lowest BCUT2D eigenvalue weighted by atomic mass is 9.84. The normalized spacial score (nSPS) is 28.5. The number of thiazole rings is 1. The highest BCUT2D eigenvalue weighted by Gasteiger charge is 2.61. The Hall–Kier alpha value is -3.79. The topological polar surface area (TPSA) is 119 Å². The molecule has 44 heavy (non-hydrogen) atoms. The van der Waals surface area contributed by atoms with Crippen LogP contribution in [0, 0.1) is 30.1 Å². The van der Waals surface area contributed by atoms with Crippen LogP contribution in [0.5, 0.6) is 11.5 Å². The van der Waals surface area contributed by atoms with E-state index in [1.165, 1.54) is 11.3 Å². The van der Waals surface area contributed by atoms with E-state index in [1.54, 1.807) is 25.3 Å². The molecular weight excluding hydrogens is 578 g/mol. The first-order valence-corrected chi connectivity index (χ1v) is 16.3. The molecule has 1 aliphatic heterocycles. The van der Waals surface area contributed by atoms with Gasteiger partial charge in [0.25, 0.3) is 0 Å². The molecule has 0 radical (unpaired) electrons. The number of fused-ring (bicyclic) bond motifs is 3. The van der Waals surface area contributed by atoms with Gasteiger partial charge in [-0.25, -0.2) is 9.97 Å². The second-order valence-electron chi connectivity index (χ2n) is 12.5. The summed E-state index contributed by atoms with van der Waals surface area (Å²) in [7, 11) is 3.43. The molecule has 2 fully saturated rings. The number of hydrogen-bond acceptors (Lipinski definition) is 8. The first kappa shape index (κ1) is 30.2. The summed E-state index contributed by atoms with van der Waals surface area (Å²) in [5, 5.41) is 13.6. The number of amides is 1. The Morgan fingerprint density at radius 1 is 1.14 bits per heavy atom. The molecule has 5 atom stereocenters. The summed E-state index contributed by atoms with van der Waals surface area (Å²) in [6.07, 6.45) is 10.2. The number of ketones is 1. The van der Waals surface area contributed by atoms with E-state index < -0.39 is 29.3 Å². The summed E-state index contributed by atoms with van der Waals surface area (Å²) in [5.41, 5.74) is 1.21. The zero-order chi connectivity index (χ0) is 31.0. The quantitative estimate of drug-likeness (QED) is 0.342. The number of carbonyl (C=O) groups is 3. The number of carbonyl (C=O) groups excluding carboxylic acids is 2. The molecule has 2 aliphatic carbocycles. The lowest BCUT2D eigenvalue weighted by Crippen LogP contribution is -2.38. The maximum absolute atomic E-state index is 13.9. The van der Waals surface area contributed by atoms with Crippen molar-refractivity contribution >= 4 is 39.9 Å². The van der Waals surface area contributed by atoms with Crippen molar-refractivity contribution in [1.29, 1.82) is 0 Å². The summed E-state index contributed by atoms with van der Waals surface area (Å²) >= 11 is 1.48. The number of allylic oxidation sites excluding steroid dienone is 2. The van der Waals surface area contributed by atoms with Crippen molar-refractivity contribution in [2.24, 2.45) is 23.2 Å². The lowest BCUT2D eigenvalue weighted by Gasteiger charge is -2.25. The molecule has 0 spiro atoms. The number of rotatable bonds is 5. The Labute approximate surface area is 261 Å². The lowest BCUT2D eigenvalue weighted by molar-refractivity contribution is -0.147. The van der Waals surface area contributed by atoms with Crippen LogP contribution in [0.4, 0.5) is 0 Å². The number of ether oxygens (including phenoxy) is 2. The number of aliphatic carboxylic acids is 1. The van der Waals surface area contributed by atoms with E-state index in [0.717, 1.165) is 47.2 Å². The zero-order valence-corrected chi connectivity index (χ0v) is 26.3. The number of aryl methyl sites for hydroxylation is 1. The Morgan fingerprint density at radius 3 is 2.70 bits per heavy atom. The van der Waals surface area contributed by atoms with Crippen molar-refractivity contribution in [3.8, 4) is 22.2 Å². The van der Waals surface area contributed by atoms with Crippen LogP contribution in [0.1, 0.15) is 56.9 Å². The molecule has 2 saturated carbocycles. The predicted molar refractivity (Wildman–Crippen MR) is 168 cm³/mol. The van der Waals surface area contributed by atoms with Gasteiger partial charge >= 0.3 is 5.97 Å². The Kier molecular flexibility index (Phi) is 8.46. The van der Waals surface area contributed by atoms with Crippen LogP contribution in [-0.2, 0) is 14.4 Å². The molecule has 6 rings (SSSR count). The summed E-state index contributed by atoms with van der Waals surface area (Å²) in [6.45, 7) is 2.58. The summed E-state index contributed by atoms with van der Waals surface area (Å²) < 4.78 is 12.2. The highest BCUT2D eigenvalue weighted by Crippen LogP contribution is 2.57. The van der Waals surface area contributed by atoms with Crippen LogP contribution < -0.4 is 9.47 Å². The SMILES string of the molecule is COc1ccc2c(O[C@@H]3C[C@H]4C(=O)C[C@]5(C(=O)O)C[C@H]5/C=C\CCCCCN(C)C(=O)[C@@H]4C3)cc(-c3nccs3)nc2c1C. The maximum atomic E-state index is 13.9. The van der Waals surface area contributed by atoms with Crippen molar-refractivity contribution in [2.45, 2.75) is 64.4 Å². The van der Waals surface area contributed by atoms with Crippen molar-refractivity contribution in [3.05, 3.63) is 47.5 Å². The van der Waals surface area contributed by atoms with Gasteiger partial charge in [-0.05, 0) is 63.5 Å². The fraction of sp³-hybridized carbons (Fsp3) is 0.500. The molecule has 9 nitrogen and oxygen atoms in total.